The van der Waals surface area contributed by atoms with Crippen LogP contribution in [0.2, 0.25) is 10.0 Å². The van der Waals surface area contributed by atoms with Gasteiger partial charge in [-0.1, -0.05) is 23.2 Å². The third-order valence-electron chi connectivity index (χ3n) is 2.65. The van der Waals surface area contributed by atoms with Crippen molar-refractivity contribution in [3.63, 3.8) is 0 Å². The van der Waals surface area contributed by atoms with Gasteiger partial charge in [-0.25, -0.2) is 0 Å². The smallest absolute Gasteiger partial charge is 0.292 e. The molecule has 2 rings (SSSR count). The number of nitrogens with one attached hydrogen (secondary N) is 1. The normalized spacial score (nSPS) is 10.2. The fourth-order valence-corrected chi connectivity index (χ4v) is 2.20. The predicted octanol–water partition coefficient (Wildman–Crippen LogP) is 5.13. The first kappa shape index (κ1) is 15.4. The molecule has 0 heterocycles. The Morgan fingerprint density at radius 3 is 2.62 bits per heavy atom. The monoisotopic (exact) mass is 326 g/mol. The Kier molecular flexibility index (Phi) is 4.88. The van der Waals surface area contributed by atoms with Gasteiger partial charge >= 0.3 is 0 Å². The molecule has 0 bridgehead atoms. The van der Waals surface area contributed by atoms with Crippen molar-refractivity contribution in [2.75, 3.05) is 11.9 Å². The molecule has 0 saturated heterocycles. The summed E-state index contributed by atoms with van der Waals surface area (Å²) < 4.78 is 5.63. The van der Waals surface area contributed by atoms with E-state index in [1.807, 2.05) is 6.92 Å². The molecule has 0 aliphatic carbocycles. The van der Waals surface area contributed by atoms with Crippen molar-refractivity contribution < 1.29 is 9.66 Å². The maximum atomic E-state index is 10.9. The van der Waals surface area contributed by atoms with Gasteiger partial charge in [0.25, 0.3) is 5.69 Å². The minimum Gasteiger partial charge on any atom is -0.456 e. The van der Waals surface area contributed by atoms with Gasteiger partial charge < -0.3 is 10.1 Å². The number of rotatable bonds is 5. The van der Waals surface area contributed by atoms with E-state index in [4.69, 9.17) is 27.9 Å². The van der Waals surface area contributed by atoms with Crippen LogP contribution in [0.25, 0.3) is 0 Å². The van der Waals surface area contributed by atoms with Gasteiger partial charge in [0.05, 0.1) is 9.95 Å². The van der Waals surface area contributed by atoms with Gasteiger partial charge in [0.15, 0.2) is 0 Å². The van der Waals surface area contributed by atoms with E-state index in [1.54, 1.807) is 24.3 Å². The Bertz CT molecular complexity index is 677. The second-order valence-corrected chi connectivity index (χ2v) is 4.99. The first-order chi connectivity index (χ1) is 10.0. The van der Waals surface area contributed by atoms with Crippen LogP contribution in [0.3, 0.4) is 0 Å². The standard InChI is InChI=1S/C14H12Cl2N2O3/c1-2-17-12-8-10(4-5-13(12)18(19)20)21-14-6-3-9(15)7-11(14)16/h3-8,17H,2H2,1H3. The molecule has 2 aromatic rings. The van der Waals surface area contributed by atoms with Crippen LogP contribution in [-0.2, 0) is 0 Å². The average Bonchev–Trinajstić information content (AvgIpc) is 2.42. The summed E-state index contributed by atoms with van der Waals surface area (Å²) in [5.41, 5.74) is 0.386. The SMILES string of the molecule is CCNc1cc(Oc2ccc(Cl)cc2Cl)ccc1[N+](=O)[O-]. The first-order valence-corrected chi connectivity index (χ1v) is 6.92. The Labute approximate surface area is 131 Å². The topological polar surface area (TPSA) is 64.4 Å². The summed E-state index contributed by atoms with van der Waals surface area (Å²) in [5, 5.41) is 14.7. The molecule has 0 aromatic heterocycles. The van der Waals surface area contributed by atoms with E-state index in [1.165, 1.54) is 12.1 Å². The highest BCUT2D eigenvalue weighted by Gasteiger charge is 2.14. The highest BCUT2D eigenvalue weighted by molar-refractivity contribution is 6.35. The van der Waals surface area contributed by atoms with E-state index in [0.29, 0.717) is 33.8 Å². The van der Waals surface area contributed by atoms with Gasteiger partial charge in [0.1, 0.15) is 17.2 Å². The van der Waals surface area contributed by atoms with Crippen molar-refractivity contribution in [2.45, 2.75) is 6.92 Å². The van der Waals surface area contributed by atoms with E-state index in [-0.39, 0.29) is 5.69 Å². The summed E-state index contributed by atoms with van der Waals surface area (Å²) in [5.74, 6) is 0.873. The molecule has 0 aliphatic heterocycles. The summed E-state index contributed by atoms with van der Waals surface area (Å²) >= 11 is 11.8. The van der Waals surface area contributed by atoms with Crippen LogP contribution < -0.4 is 10.1 Å². The number of benzene rings is 2. The molecule has 1 N–H and O–H groups in total. The number of hydrogen-bond donors (Lipinski definition) is 1. The first-order valence-electron chi connectivity index (χ1n) is 6.16. The van der Waals surface area contributed by atoms with Crippen LogP contribution >= 0.6 is 23.2 Å². The molecule has 0 atom stereocenters. The van der Waals surface area contributed by atoms with E-state index in [2.05, 4.69) is 5.32 Å². The number of halogens is 2. The maximum Gasteiger partial charge on any atom is 0.292 e. The van der Waals surface area contributed by atoms with Gasteiger partial charge in [-0.05, 0) is 31.2 Å². The number of nitro groups is 1. The molecule has 7 heteroatoms. The zero-order valence-corrected chi connectivity index (χ0v) is 12.6. The third kappa shape index (κ3) is 3.77. The predicted molar refractivity (Wildman–Crippen MR) is 83.8 cm³/mol. The third-order valence-corrected chi connectivity index (χ3v) is 3.18. The van der Waals surface area contributed by atoms with Crippen molar-refractivity contribution in [1.82, 2.24) is 0 Å². The molecule has 0 amide bonds. The second-order valence-electron chi connectivity index (χ2n) is 4.14. The highest BCUT2D eigenvalue weighted by atomic mass is 35.5. The Morgan fingerprint density at radius 1 is 1.24 bits per heavy atom. The molecule has 110 valence electrons. The number of hydrogen-bond acceptors (Lipinski definition) is 4. The fourth-order valence-electron chi connectivity index (χ4n) is 1.75. The fraction of sp³-hybridized carbons (Fsp3) is 0.143. The molecule has 0 saturated carbocycles. The van der Waals surface area contributed by atoms with Gasteiger partial charge in [0.2, 0.25) is 0 Å². The van der Waals surface area contributed by atoms with E-state index < -0.39 is 4.92 Å². The minimum atomic E-state index is -0.447. The largest absolute Gasteiger partial charge is 0.456 e. The lowest BCUT2D eigenvalue weighted by molar-refractivity contribution is -0.384. The molecule has 0 aliphatic rings. The van der Waals surface area contributed by atoms with Crippen LogP contribution in [0.1, 0.15) is 6.92 Å². The van der Waals surface area contributed by atoms with Gasteiger partial charge in [-0.2, -0.15) is 0 Å². The quantitative estimate of drug-likeness (QED) is 0.611. The van der Waals surface area contributed by atoms with Gasteiger partial charge in [-0.3, -0.25) is 10.1 Å². The van der Waals surface area contributed by atoms with E-state index >= 15 is 0 Å². The molecule has 0 fully saturated rings. The molecule has 0 radical (unpaired) electrons. The minimum absolute atomic E-state index is 0.00796. The summed E-state index contributed by atoms with van der Waals surface area (Å²) in [6, 6.07) is 9.32. The van der Waals surface area contributed by atoms with Crippen LogP contribution in [0.5, 0.6) is 11.5 Å². The number of nitro benzene ring substituents is 1. The lowest BCUT2D eigenvalue weighted by Gasteiger charge is -2.10. The molecule has 21 heavy (non-hydrogen) atoms. The van der Waals surface area contributed by atoms with Crippen molar-refractivity contribution in [3.8, 4) is 11.5 Å². The van der Waals surface area contributed by atoms with Crippen molar-refractivity contribution >= 4 is 34.6 Å². The zero-order chi connectivity index (χ0) is 15.4. The summed E-state index contributed by atoms with van der Waals surface area (Å²) in [4.78, 5) is 10.5. The number of anilines is 1. The van der Waals surface area contributed by atoms with Crippen LogP contribution in [0, 0.1) is 10.1 Å². The van der Waals surface area contributed by atoms with Gasteiger partial charge in [0, 0.05) is 23.7 Å². The molecule has 5 nitrogen and oxygen atoms in total. The molecule has 0 spiro atoms. The number of nitrogens with zero attached hydrogens (tertiary/aromatic N) is 1. The van der Waals surface area contributed by atoms with Crippen LogP contribution in [0.15, 0.2) is 36.4 Å². The maximum absolute atomic E-state index is 10.9. The molecular formula is C14H12Cl2N2O3. The summed E-state index contributed by atoms with van der Waals surface area (Å²) in [6.07, 6.45) is 0. The Balaban J connectivity index is 2.32. The highest BCUT2D eigenvalue weighted by Crippen LogP contribution is 2.35. The molecule has 0 unspecified atom stereocenters. The van der Waals surface area contributed by atoms with Gasteiger partial charge in [-0.15, -0.1) is 0 Å². The number of ether oxygens (including phenoxy) is 1. The van der Waals surface area contributed by atoms with Crippen LogP contribution in [-0.4, -0.2) is 11.5 Å². The zero-order valence-electron chi connectivity index (χ0n) is 11.1. The lowest BCUT2D eigenvalue weighted by atomic mass is 10.2. The van der Waals surface area contributed by atoms with E-state index in [9.17, 15) is 10.1 Å². The second kappa shape index (κ2) is 6.65. The van der Waals surface area contributed by atoms with E-state index in [0.717, 1.165) is 0 Å². The van der Waals surface area contributed by atoms with Crippen molar-refractivity contribution in [2.24, 2.45) is 0 Å². The Hall–Kier alpha value is -1.98. The lowest BCUT2D eigenvalue weighted by Crippen LogP contribution is -2.01. The molecular weight excluding hydrogens is 315 g/mol. The Morgan fingerprint density at radius 2 is 2.00 bits per heavy atom. The summed E-state index contributed by atoms with van der Waals surface area (Å²) in [6.45, 7) is 2.42. The van der Waals surface area contributed by atoms with Crippen LogP contribution in [0.4, 0.5) is 11.4 Å². The van der Waals surface area contributed by atoms with Crippen molar-refractivity contribution in [1.29, 1.82) is 0 Å². The average molecular weight is 327 g/mol. The summed E-state index contributed by atoms with van der Waals surface area (Å²) in [7, 11) is 0. The molecule has 2 aromatic carbocycles. The van der Waals surface area contributed by atoms with Crippen molar-refractivity contribution in [3.05, 3.63) is 56.6 Å².